The van der Waals surface area contributed by atoms with Gasteiger partial charge in [-0.3, -0.25) is 4.79 Å². The lowest BCUT2D eigenvalue weighted by atomic mass is 9.46. The van der Waals surface area contributed by atoms with Crippen LogP contribution in [0.5, 0.6) is 0 Å². The SMILES string of the molecule is COCn1c2ccccc2c2cc3c(cc21)[C@]1(C(C)C)CC[C@]32C(=O)CC[C@@H](C)[C@]2(C)CC1. The molecule has 4 atom stereocenters. The number of carbonyl (C=O) groups excluding carboxylic acids is 1. The van der Waals surface area contributed by atoms with Gasteiger partial charge in [-0.15, -0.1) is 0 Å². The third-order valence-electron chi connectivity index (χ3n) is 10.7. The second-order valence-corrected chi connectivity index (χ2v) is 11.8. The smallest absolute Gasteiger partial charge is 0.143 e. The molecular formula is C30H37NO2. The highest BCUT2D eigenvalue weighted by atomic mass is 16.5. The van der Waals surface area contributed by atoms with E-state index < -0.39 is 0 Å². The number of hydrogen-bond acceptors (Lipinski definition) is 2. The molecule has 2 saturated carbocycles. The first-order valence-electron chi connectivity index (χ1n) is 12.9. The number of nitrogens with zero attached hydrogens (tertiary/aromatic N) is 1. The summed E-state index contributed by atoms with van der Waals surface area (Å²) in [4.78, 5) is 14.0. The Hall–Kier alpha value is -2.13. The summed E-state index contributed by atoms with van der Waals surface area (Å²) in [6, 6.07) is 13.6. The minimum atomic E-state index is -0.340. The number of rotatable bonds is 3. The third-order valence-corrected chi connectivity index (χ3v) is 10.7. The zero-order valence-corrected chi connectivity index (χ0v) is 20.8. The number of carbonyl (C=O) groups is 1. The van der Waals surface area contributed by atoms with Crippen LogP contribution in [-0.2, 0) is 27.1 Å². The fraction of sp³-hybridized carbons (Fsp3) is 0.567. The van der Waals surface area contributed by atoms with E-state index in [-0.39, 0.29) is 16.2 Å². The van der Waals surface area contributed by atoms with E-state index in [1.54, 1.807) is 7.11 Å². The Morgan fingerprint density at radius 3 is 2.55 bits per heavy atom. The van der Waals surface area contributed by atoms with Gasteiger partial charge in [-0.25, -0.2) is 0 Å². The van der Waals surface area contributed by atoms with E-state index in [0.29, 0.717) is 24.3 Å². The van der Waals surface area contributed by atoms with Crippen molar-refractivity contribution in [2.75, 3.05) is 7.11 Å². The van der Waals surface area contributed by atoms with Gasteiger partial charge in [-0.2, -0.15) is 0 Å². The molecule has 1 heterocycles. The Balaban J connectivity index is 1.77. The molecular weight excluding hydrogens is 406 g/mol. The standard InChI is InChI=1S/C30H37NO2/c1-19(2)29-13-12-28(4)20(3)10-11-27(32)30(28,15-14-29)24-16-22-21-8-6-7-9-25(21)31(18-33-5)26(22)17-23(24)29/h6-9,16-17,19-20H,10-15,18H2,1-5H3/t20-,28+,29+,30-/m1/s1. The second-order valence-electron chi connectivity index (χ2n) is 11.8. The van der Waals surface area contributed by atoms with Crippen molar-refractivity contribution in [3.63, 3.8) is 0 Å². The van der Waals surface area contributed by atoms with Crippen molar-refractivity contribution in [1.29, 1.82) is 0 Å². The molecule has 2 bridgehead atoms. The van der Waals surface area contributed by atoms with E-state index >= 15 is 0 Å². The predicted octanol–water partition coefficient (Wildman–Crippen LogP) is 7.12. The fourth-order valence-electron chi connectivity index (χ4n) is 8.40. The van der Waals surface area contributed by atoms with Gasteiger partial charge in [-0.05, 0) is 84.1 Å². The third kappa shape index (κ3) is 2.42. The number of ether oxygens (including phenoxy) is 1. The van der Waals surface area contributed by atoms with Gasteiger partial charge in [0.05, 0.1) is 16.4 Å². The molecule has 2 fully saturated rings. The maximum atomic E-state index is 14.0. The van der Waals surface area contributed by atoms with Crippen LogP contribution < -0.4 is 0 Å². The van der Waals surface area contributed by atoms with Crippen molar-refractivity contribution in [2.24, 2.45) is 17.3 Å². The van der Waals surface area contributed by atoms with Crippen LogP contribution in [0.15, 0.2) is 36.4 Å². The van der Waals surface area contributed by atoms with Gasteiger partial charge in [0, 0.05) is 24.3 Å². The van der Waals surface area contributed by atoms with Crippen LogP contribution in [-0.4, -0.2) is 17.5 Å². The molecule has 4 aliphatic carbocycles. The van der Waals surface area contributed by atoms with Crippen molar-refractivity contribution < 1.29 is 9.53 Å². The number of ketones is 1. The molecule has 2 aromatic carbocycles. The normalized spacial score (nSPS) is 33.5. The summed E-state index contributed by atoms with van der Waals surface area (Å²) in [7, 11) is 1.77. The molecule has 3 nitrogen and oxygen atoms in total. The van der Waals surface area contributed by atoms with Gasteiger partial charge in [0.15, 0.2) is 0 Å². The highest BCUT2D eigenvalue weighted by Gasteiger charge is 2.65. The van der Waals surface area contributed by atoms with Gasteiger partial charge >= 0.3 is 0 Å². The predicted molar refractivity (Wildman–Crippen MR) is 135 cm³/mol. The van der Waals surface area contributed by atoms with Gasteiger partial charge in [0.25, 0.3) is 0 Å². The van der Waals surface area contributed by atoms with E-state index in [9.17, 15) is 4.79 Å². The largest absolute Gasteiger partial charge is 0.364 e. The Morgan fingerprint density at radius 1 is 1.03 bits per heavy atom. The molecule has 1 aromatic heterocycles. The molecule has 7 rings (SSSR count). The molecule has 174 valence electrons. The second kappa shape index (κ2) is 6.95. The Bertz CT molecular complexity index is 1290. The van der Waals surface area contributed by atoms with Crippen molar-refractivity contribution in [3.8, 4) is 0 Å². The minimum absolute atomic E-state index is 0.0306. The number of hydrogen-bond donors (Lipinski definition) is 0. The highest BCUT2D eigenvalue weighted by molar-refractivity contribution is 6.09. The number of Topliss-reactive ketones (excluding diaryl/α,β-unsaturated/α-hetero) is 1. The van der Waals surface area contributed by atoms with Crippen molar-refractivity contribution in [2.45, 2.75) is 83.8 Å². The molecule has 0 N–H and O–H groups in total. The maximum Gasteiger partial charge on any atom is 0.143 e. The first-order valence-corrected chi connectivity index (χ1v) is 12.9. The van der Waals surface area contributed by atoms with Crippen molar-refractivity contribution in [1.82, 2.24) is 4.57 Å². The summed E-state index contributed by atoms with van der Waals surface area (Å²) in [5, 5.41) is 2.54. The Morgan fingerprint density at radius 2 is 1.79 bits per heavy atom. The molecule has 0 aliphatic heterocycles. The fourth-order valence-corrected chi connectivity index (χ4v) is 8.40. The van der Waals surface area contributed by atoms with Crippen LogP contribution in [0.25, 0.3) is 21.8 Å². The number of benzene rings is 2. The summed E-state index contributed by atoms with van der Waals surface area (Å²) in [5.41, 5.74) is 5.12. The number of fused-ring (bicyclic) bond motifs is 5. The van der Waals surface area contributed by atoms with E-state index in [4.69, 9.17) is 4.74 Å². The molecule has 0 radical (unpaired) electrons. The summed E-state index contributed by atoms with van der Waals surface area (Å²) in [6.07, 6.45) is 6.24. The Kier molecular flexibility index (Phi) is 4.51. The van der Waals surface area contributed by atoms with Gasteiger partial charge in [-0.1, -0.05) is 45.9 Å². The van der Waals surface area contributed by atoms with Crippen LogP contribution >= 0.6 is 0 Å². The molecule has 33 heavy (non-hydrogen) atoms. The van der Waals surface area contributed by atoms with Crippen LogP contribution in [0.4, 0.5) is 0 Å². The summed E-state index contributed by atoms with van der Waals surface area (Å²) >= 11 is 0. The minimum Gasteiger partial charge on any atom is -0.364 e. The average molecular weight is 444 g/mol. The van der Waals surface area contributed by atoms with Crippen LogP contribution in [0.2, 0.25) is 0 Å². The summed E-state index contributed by atoms with van der Waals surface area (Å²) < 4.78 is 7.97. The van der Waals surface area contributed by atoms with Gasteiger partial charge < -0.3 is 9.30 Å². The van der Waals surface area contributed by atoms with Gasteiger partial charge in [0.1, 0.15) is 12.5 Å². The molecule has 1 spiro atoms. The zero-order valence-electron chi connectivity index (χ0n) is 20.8. The summed E-state index contributed by atoms with van der Waals surface area (Å²) in [5.74, 6) is 1.61. The molecule has 0 saturated heterocycles. The Labute approximate surface area is 197 Å². The first kappa shape index (κ1) is 21.4. The highest BCUT2D eigenvalue weighted by Crippen LogP contribution is 2.68. The lowest BCUT2D eigenvalue weighted by Crippen LogP contribution is -2.57. The lowest BCUT2D eigenvalue weighted by Gasteiger charge is -2.56. The molecule has 4 aliphatic rings. The lowest BCUT2D eigenvalue weighted by molar-refractivity contribution is -0.138. The van der Waals surface area contributed by atoms with Crippen LogP contribution in [0.3, 0.4) is 0 Å². The molecule has 3 aromatic rings. The van der Waals surface area contributed by atoms with E-state index in [2.05, 4.69) is 68.7 Å². The topological polar surface area (TPSA) is 31.2 Å². The maximum absolute atomic E-state index is 14.0. The summed E-state index contributed by atoms with van der Waals surface area (Å²) in [6.45, 7) is 10.2. The van der Waals surface area contributed by atoms with Crippen LogP contribution in [0, 0.1) is 17.3 Å². The number of para-hydroxylation sites is 1. The molecule has 0 amide bonds. The van der Waals surface area contributed by atoms with Crippen molar-refractivity contribution >= 4 is 27.6 Å². The first-order chi connectivity index (χ1) is 15.8. The zero-order chi connectivity index (χ0) is 23.2. The quantitative estimate of drug-likeness (QED) is 0.431. The van der Waals surface area contributed by atoms with Gasteiger partial charge in [0.2, 0.25) is 0 Å². The van der Waals surface area contributed by atoms with Crippen LogP contribution in [0.1, 0.15) is 77.3 Å². The monoisotopic (exact) mass is 443 g/mol. The van der Waals surface area contributed by atoms with Crippen molar-refractivity contribution in [3.05, 3.63) is 47.5 Å². The van der Waals surface area contributed by atoms with E-state index in [1.165, 1.54) is 39.4 Å². The van der Waals surface area contributed by atoms with E-state index in [1.807, 2.05) is 0 Å². The number of methoxy groups -OCH3 is 1. The molecule has 3 heteroatoms. The van der Waals surface area contributed by atoms with E-state index in [0.717, 1.165) is 32.1 Å². The molecule has 0 unspecified atom stereocenters. The average Bonchev–Trinajstić information content (AvgIpc) is 2.96. The number of aromatic nitrogens is 1.